The molecule has 3 rings (SSSR count). The third-order valence-corrected chi connectivity index (χ3v) is 5.43. The second-order valence-electron chi connectivity index (χ2n) is 5.64. The maximum absolute atomic E-state index is 4.91. The highest BCUT2D eigenvalue weighted by Gasteiger charge is 2.08. The molecule has 5 heteroatoms. The van der Waals surface area contributed by atoms with Gasteiger partial charge in [0, 0.05) is 16.4 Å². The summed E-state index contributed by atoms with van der Waals surface area (Å²) in [5.41, 5.74) is 5.85. The molecule has 0 saturated heterocycles. The minimum absolute atomic E-state index is 0. The molecule has 0 fully saturated rings. The molecule has 0 aliphatic rings. The molecule has 0 aliphatic carbocycles. The van der Waals surface area contributed by atoms with Crippen LogP contribution < -0.4 is 4.80 Å². The molecule has 3 aromatic rings. The van der Waals surface area contributed by atoms with Crippen LogP contribution in [0.4, 0.5) is 5.69 Å². The first-order valence-corrected chi connectivity index (χ1v) is 9.43. The standard InChI is InChI=1S/C20H19BrN2S.BrH/c1-4-12-23-19(16-8-10-17(21)11-9-16)13-24-20(23)22-18-7-5-6-14(2)15(18)3;/h4-11,13H,1,12H2,2-3H3;1H. The average molecular weight is 480 g/mol. The van der Waals surface area contributed by atoms with E-state index in [1.807, 2.05) is 6.08 Å². The molecular weight excluding hydrogens is 460 g/mol. The minimum atomic E-state index is 0. The number of nitrogens with zero attached hydrogens (tertiary/aromatic N) is 2. The van der Waals surface area contributed by atoms with E-state index in [0.717, 1.165) is 27.2 Å². The lowest BCUT2D eigenvalue weighted by atomic mass is 10.1. The Hall–Kier alpha value is -1.43. The second kappa shape index (κ2) is 8.79. The molecule has 1 aromatic heterocycles. The lowest BCUT2D eigenvalue weighted by Crippen LogP contribution is -2.14. The molecule has 0 radical (unpaired) electrons. The summed E-state index contributed by atoms with van der Waals surface area (Å²) < 4.78 is 3.29. The molecule has 1 heterocycles. The van der Waals surface area contributed by atoms with Gasteiger partial charge in [0.15, 0.2) is 4.80 Å². The molecule has 25 heavy (non-hydrogen) atoms. The van der Waals surface area contributed by atoms with E-state index in [0.29, 0.717) is 0 Å². The Morgan fingerprint density at radius 3 is 2.56 bits per heavy atom. The Bertz CT molecular complexity index is 937. The molecule has 0 N–H and O–H groups in total. The molecule has 2 aromatic carbocycles. The van der Waals surface area contributed by atoms with E-state index in [2.05, 4.69) is 88.8 Å². The summed E-state index contributed by atoms with van der Waals surface area (Å²) in [6, 6.07) is 14.6. The van der Waals surface area contributed by atoms with Gasteiger partial charge in [0.2, 0.25) is 0 Å². The molecule has 0 bridgehead atoms. The van der Waals surface area contributed by atoms with Gasteiger partial charge in [-0.2, -0.15) is 0 Å². The van der Waals surface area contributed by atoms with Crippen molar-refractivity contribution in [2.45, 2.75) is 20.4 Å². The Labute approximate surface area is 171 Å². The van der Waals surface area contributed by atoms with E-state index in [1.54, 1.807) is 11.3 Å². The molecule has 0 atom stereocenters. The second-order valence-corrected chi connectivity index (χ2v) is 7.39. The van der Waals surface area contributed by atoms with Crippen LogP contribution in [0.1, 0.15) is 11.1 Å². The zero-order valence-electron chi connectivity index (χ0n) is 14.2. The molecule has 0 aliphatic heterocycles. The Kier molecular flexibility index (Phi) is 6.99. The zero-order valence-corrected chi connectivity index (χ0v) is 18.3. The van der Waals surface area contributed by atoms with Crippen molar-refractivity contribution in [1.82, 2.24) is 4.57 Å². The van der Waals surface area contributed by atoms with Crippen LogP contribution in [0.5, 0.6) is 0 Å². The van der Waals surface area contributed by atoms with E-state index in [1.165, 1.54) is 16.7 Å². The number of hydrogen-bond donors (Lipinski definition) is 0. The van der Waals surface area contributed by atoms with Gasteiger partial charge in [0.05, 0.1) is 11.4 Å². The molecule has 2 nitrogen and oxygen atoms in total. The van der Waals surface area contributed by atoms with Crippen LogP contribution in [-0.2, 0) is 6.54 Å². The average Bonchev–Trinajstić information content (AvgIpc) is 2.96. The topological polar surface area (TPSA) is 17.3 Å². The number of aryl methyl sites for hydroxylation is 1. The van der Waals surface area contributed by atoms with Crippen molar-refractivity contribution < 1.29 is 0 Å². The van der Waals surface area contributed by atoms with Gasteiger partial charge >= 0.3 is 0 Å². The van der Waals surface area contributed by atoms with E-state index in [-0.39, 0.29) is 17.0 Å². The predicted molar refractivity (Wildman–Crippen MR) is 117 cm³/mol. The Morgan fingerprint density at radius 2 is 1.88 bits per heavy atom. The van der Waals surface area contributed by atoms with Crippen LogP contribution in [0.25, 0.3) is 11.3 Å². The van der Waals surface area contributed by atoms with Gasteiger partial charge in [0.25, 0.3) is 0 Å². The summed E-state index contributed by atoms with van der Waals surface area (Å²) >= 11 is 5.15. The van der Waals surface area contributed by atoms with Crippen molar-refractivity contribution in [1.29, 1.82) is 0 Å². The van der Waals surface area contributed by atoms with Crippen molar-refractivity contribution in [2.75, 3.05) is 0 Å². The summed E-state index contributed by atoms with van der Waals surface area (Å²) in [5, 5.41) is 2.16. The zero-order chi connectivity index (χ0) is 17.1. The monoisotopic (exact) mass is 478 g/mol. The summed E-state index contributed by atoms with van der Waals surface area (Å²) in [5.74, 6) is 0. The molecule has 0 spiro atoms. The lowest BCUT2D eigenvalue weighted by Gasteiger charge is -2.07. The van der Waals surface area contributed by atoms with Gasteiger partial charge < -0.3 is 4.57 Å². The van der Waals surface area contributed by atoms with Crippen molar-refractivity contribution in [3.05, 3.63) is 80.9 Å². The SMILES string of the molecule is Br.C=CCn1c(-c2ccc(Br)cc2)csc1=Nc1cccc(C)c1C. The maximum Gasteiger partial charge on any atom is 0.190 e. The maximum atomic E-state index is 4.91. The Balaban J connectivity index is 0.00000225. The smallest absolute Gasteiger partial charge is 0.190 e. The van der Waals surface area contributed by atoms with Crippen LogP contribution in [0.2, 0.25) is 0 Å². The van der Waals surface area contributed by atoms with E-state index >= 15 is 0 Å². The highest BCUT2D eigenvalue weighted by Crippen LogP contribution is 2.24. The van der Waals surface area contributed by atoms with Crippen LogP contribution in [0.15, 0.2) is 70.0 Å². The number of rotatable bonds is 4. The van der Waals surface area contributed by atoms with Crippen molar-refractivity contribution in [2.24, 2.45) is 4.99 Å². The normalized spacial score (nSPS) is 11.2. The van der Waals surface area contributed by atoms with Gasteiger partial charge in [-0.3, -0.25) is 0 Å². The summed E-state index contributed by atoms with van der Waals surface area (Å²) in [6.45, 7) is 8.87. The quantitative estimate of drug-likeness (QED) is 0.375. The predicted octanol–water partition coefficient (Wildman–Crippen LogP) is 6.59. The summed E-state index contributed by atoms with van der Waals surface area (Å²) in [6.07, 6.45) is 1.91. The number of halogens is 2. The molecule has 0 saturated carbocycles. The Morgan fingerprint density at radius 1 is 1.16 bits per heavy atom. The minimum Gasteiger partial charge on any atom is -0.313 e. The number of benzene rings is 2. The number of allylic oxidation sites excluding steroid dienone is 1. The van der Waals surface area contributed by atoms with Gasteiger partial charge in [-0.05, 0) is 48.7 Å². The van der Waals surface area contributed by atoms with Crippen LogP contribution >= 0.6 is 44.2 Å². The molecule has 0 amide bonds. The number of aromatic nitrogens is 1. The number of thiazole rings is 1. The van der Waals surface area contributed by atoms with Gasteiger partial charge in [0.1, 0.15) is 0 Å². The molecular formula is C20H20Br2N2S. The first kappa shape index (κ1) is 19.9. The highest BCUT2D eigenvalue weighted by molar-refractivity contribution is 9.10. The van der Waals surface area contributed by atoms with Gasteiger partial charge in [-0.25, -0.2) is 4.99 Å². The fraction of sp³-hybridized carbons (Fsp3) is 0.150. The third kappa shape index (κ3) is 4.40. The largest absolute Gasteiger partial charge is 0.313 e. The molecule has 130 valence electrons. The van der Waals surface area contributed by atoms with Crippen molar-refractivity contribution in [3.8, 4) is 11.3 Å². The van der Waals surface area contributed by atoms with Crippen LogP contribution in [0, 0.1) is 13.8 Å². The van der Waals surface area contributed by atoms with E-state index in [4.69, 9.17) is 4.99 Å². The fourth-order valence-corrected chi connectivity index (χ4v) is 3.73. The number of hydrogen-bond acceptors (Lipinski definition) is 2. The lowest BCUT2D eigenvalue weighted by molar-refractivity contribution is 0.800. The first-order valence-electron chi connectivity index (χ1n) is 7.76. The van der Waals surface area contributed by atoms with E-state index < -0.39 is 0 Å². The van der Waals surface area contributed by atoms with Crippen molar-refractivity contribution >= 4 is 49.9 Å². The summed E-state index contributed by atoms with van der Waals surface area (Å²) in [4.78, 5) is 5.90. The van der Waals surface area contributed by atoms with Crippen LogP contribution in [0.3, 0.4) is 0 Å². The fourth-order valence-electron chi connectivity index (χ4n) is 2.54. The summed E-state index contributed by atoms with van der Waals surface area (Å²) in [7, 11) is 0. The third-order valence-electron chi connectivity index (χ3n) is 4.04. The van der Waals surface area contributed by atoms with Crippen LogP contribution in [-0.4, -0.2) is 4.57 Å². The first-order chi connectivity index (χ1) is 11.6. The van der Waals surface area contributed by atoms with Gasteiger partial charge in [-0.15, -0.1) is 34.9 Å². The van der Waals surface area contributed by atoms with E-state index in [9.17, 15) is 0 Å². The molecule has 0 unspecified atom stereocenters. The highest BCUT2D eigenvalue weighted by atomic mass is 79.9. The van der Waals surface area contributed by atoms with Crippen molar-refractivity contribution in [3.63, 3.8) is 0 Å². The van der Waals surface area contributed by atoms with Gasteiger partial charge in [-0.1, -0.05) is 46.3 Å².